The molecule has 0 aliphatic rings. The summed E-state index contributed by atoms with van der Waals surface area (Å²) in [6.07, 6.45) is 3.53. The summed E-state index contributed by atoms with van der Waals surface area (Å²) in [7, 11) is 1.00. The van der Waals surface area contributed by atoms with Gasteiger partial charge in [0, 0.05) is 21.0 Å². The number of aliphatic hydroxyl groups is 1. The lowest BCUT2D eigenvalue weighted by molar-refractivity contribution is 0.0893. The number of nitrogens with one attached hydrogen (secondary N) is 1. The molecule has 0 aliphatic heterocycles. The first-order chi connectivity index (χ1) is 12.5. The number of unbranched alkanes of at least 4 members (excludes halogenated alkanes) is 1. The van der Waals surface area contributed by atoms with Gasteiger partial charge in [-0.3, -0.25) is 0 Å². The molecule has 0 radical (unpaired) electrons. The van der Waals surface area contributed by atoms with Gasteiger partial charge >= 0.3 is 6.09 Å². The lowest BCUT2D eigenvalue weighted by atomic mass is 9.99. The van der Waals surface area contributed by atoms with Crippen molar-refractivity contribution in [3.8, 4) is 0 Å². The molecule has 1 aromatic carbocycles. The first kappa shape index (κ1) is 29.2. The number of alkyl carbamates (subject to hydrolysis) is 1. The van der Waals surface area contributed by atoms with Gasteiger partial charge in [0.05, 0.1) is 0 Å². The fraction of sp³-hybridized carbons (Fsp3) is 0.682. The van der Waals surface area contributed by atoms with E-state index in [-0.39, 0.29) is 19.7 Å². The van der Waals surface area contributed by atoms with Crippen LogP contribution in [0.3, 0.4) is 0 Å². The van der Waals surface area contributed by atoms with Crippen LogP contribution in [0.15, 0.2) is 24.3 Å². The van der Waals surface area contributed by atoms with Crippen LogP contribution in [-0.2, 0) is 11.2 Å². The van der Waals surface area contributed by atoms with Gasteiger partial charge < -0.3 is 15.2 Å². The van der Waals surface area contributed by atoms with Crippen LogP contribution >= 0.6 is 0 Å². The van der Waals surface area contributed by atoms with Crippen LogP contribution in [0.4, 0.5) is 4.79 Å². The minimum Gasteiger partial charge on any atom is -0.446 e. The second-order valence-corrected chi connectivity index (χ2v) is 5.60. The van der Waals surface area contributed by atoms with Crippen molar-refractivity contribution in [1.82, 2.24) is 5.32 Å². The largest absolute Gasteiger partial charge is 0.446 e. The Balaban J connectivity index is -0.000000342. The van der Waals surface area contributed by atoms with E-state index >= 15 is 0 Å². The molecule has 0 saturated heterocycles. The highest BCUT2D eigenvalue weighted by Gasteiger charge is 2.16. The Labute approximate surface area is 163 Å². The fourth-order valence-electron chi connectivity index (χ4n) is 2.14. The van der Waals surface area contributed by atoms with Crippen molar-refractivity contribution in [1.29, 1.82) is 0 Å². The molecule has 2 N–H and O–H groups in total. The number of carbonyl (C=O) groups excluding carboxylic acids is 1. The van der Waals surface area contributed by atoms with Gasteiger partial charge in [-0.25, -0.2) is 4.79 Å². The Morgan fingerprint density at radius 1 is 1.15 bits per heavy atom. The molecule has 0 unspecified atom stereocenters. The fourth-order valence-corrected chi connectivity index (χ4v) is 2.14. The van der Waals surface area contributed by atoms with Crippen molar-refractivity contribution in [2.75, 3.05) is 7.11 Å². The summed E-state index contributed by atoms with van der Waals surface area (Å²) in [5.74, 6) is 0. The van der Waals surface area contributed by atoms with E-state index in [4.69, 9.17) is 9.84 Å². The third-order valence-corrected chi connectivity index (χ3v) is 3.27. The van der Waals surface area contributed by atoms with E-state index in [1.165, 1.54) is 11.1 Å². The van der Waals surface area contributed by atoms with Gasteiger partial charge in [0.15, 0.2) is 0 Å². The van der Waals surface area contributed by atoms with E-state index in [0.29, 0.717) is 0 Å². The van der Waals surface area contributed by atoms with E-state index in [1.807, 2.05) is 53.7 Å². The number of hydrogen-bond acceptors (Lipinski definition) is 3. The molecule has 156 valence electrons. The van der Waals surface area contributed by atoms with Crippen LogP contribution in [-0.4, -0.2) is 30.5 Å². The molecular formula is C22H45NO3. The highest BCUT2D eigenvalue weighted by atomic mass is 16.6. The topological polar surface area (TPSA) is 58.6 Å². The first-order valence-electron chi connectivity index (χ1n) is 9.99. The smallest absolute Gasteiger partial charge is 0.407 e. The first-order valence-corrected chi connectivity index (χ1v) is 9.99. The standard InChI is InChI=1S/C17H27NO2.2C2H6.CH4O.H2/c1-5-6-11-16(20-17(19)18-13(2)3)12-15-10-8-7-9-14(15)4;3*1-2;/h7-10,13,16H,5-6,11-12H2,1-4H3,(H,18,19);2*1-2H3;2H,1H3;1H/t16-;;;;/m0..../s1. The monoisotopic (exact) mass is 371 g/mol. The van der Waals surface area contributed by atoms with E-state index in [1.54, 1.807) is 0 Å². The molecule has 4 heteroatoms. The van der Waals surface area contributed by atoms with Crippen LogP contribution in [0.2, 0.25) is 0 Å². The van der Waals surface area contributed by atoms with Crippen LogP contribution in [0.1, 0.15) is 80.3 Å². The number of aliphatic hydroxyl groups excluding tert-OH is 1. The van der Waals surface area contributed by atoms with Crippen molar-refractivity contribution in [2.45, 2.75) is 93.2 Å². The SMILES string of the molecule is CC.CC.CCCC[C@@H](Cc1ccccc1C)OC(=O)NC(C)C.CO.[HH]. The average Bonchev–Trinajstić information content (AvgIpc) is 2.66. The predicted octanol–water partition coefficient (Wildman–Crippen LogP) is 6.14. The Morgan fingerprint density at radius 3 is 2.15 bits per heavy atom. The Bertz CT molecular complexity index is 426. The summed E-state index contributed by atoms with van der Waals surface area (Å²) < 4.78 is 5.57. The minimum absolute atomic E-state index is 0. The van der Waals surface area contributed by atoms with Crippen LogP contribution in [0.5, 0.6) is 0 Å². The number of rotatable bonds is 7. The van der Waals surface area contributed by atoms with E-state index in [0.717, 1.165) is 32.8 Å². The molecule has 0 aliphatic carbocycles. The number of amides is 1. The molecule has 0 heterocycles. The minimum atomic E-state index is -0.310. The Kier molecular flexibility index (Phi) is 24.2. The zero-order valence-electron chi connectivity index (χ0n) is 18.6. The number of ether oxygens (including phenoxy) is 1. The third kappa shape index (κ3) is 15.9. The molecule has 4 nitrogen and oxygen atoms in total. The maximum absolute atomic E-state index is 11.8. The second kappa shape index (κ2) is 21.5. The highest BCUT2D eigenvalue weighted by molar-refractivity contribution is 5.67. The summed E-state index contributed by atoms with van der Waals surface area (Å²) in [6.45, 7) is 16.1. The van der Waals surface area contributed by atoms with E-state index < -0.39 is 0 Å². The number of carbonyl (C=O) groups is 1. The Morgan fingerprint density at radius 2 is 1.69 bits per heavy atom. The maximum atomic E-state index is 11.8. The molecule has 0 spiro atoms. The molecule has 0 bridgehead atoms. The normalized spacial score (nSPS) is 10.1. The van der Waals surface area contributed by atoms with Crippen molar-refractivity contribution < 1.29 is 16.1 Å². The molecule has 0 fully saturated rings. The van der Waals surface area contributed by atoms with Gasteiger partial charge in [-0.05, 0) is 38.3 Å². The maximum Gasteiger partial charge on any atom is 0.407 e. The lowest BCUT2D eigenvalue weighted by Crippen LogP contribution is -2.34. The summed E-state index contributed by atoms with van der Waals surface area (Å²) >= 11 is 0. The predicted molar refractivity (Wildman–Crippen MR) is 116 cm³/mol. The molecule has 1 atom stereocenters. The number of hydrogen-bond donors (Lipinski definition) is 2. The van der Waals surface area contributed by atoms with E-state index in [9.17, 15) is 4.79 Å². The number of aryl methyl sites for hydroxylation is 1. The zero-order valence-corrected chi connectivity index (χ0v) is 18.6. The molecule has 26 heavy (non-hydrogen) atoms. The second-order valence-electron chi connectivity index (χ2n) is 5.60. The van der Waals surface area contributed by atoms with Gasteiger partial charge in [0.1, 0.15) is 6.10 Å². The lowest BCUT2D eigenvalue weighted by Gasteiger charge is -2.20. The molecule has 0 aromatic heterocycles. The van der Waals surface area contributed by atoms with Crippen LogP contribution in [0, 0.1) is 6.92 Å². The van der Waals surface area contributed by atoms with Gasteiger partial charge in [0.25, 0.3) is 0 Å². The van der Waals surface area contributed by atoms with Crippen LogP contribution < -0.4 is 5.32 Å². The van der Waals surface area contributed by atoms with E-state index in [2.05, 4.69) is 31.3 Å². The average molecular weight is 372 g/mol. The summed E-state index contributed by atoms with van der Waals surface area (Å²) in [4.78, 5) is 11.8. The zero-order chi connectivity index (χ0) is 21.0. The van der Waals surface area contributed by atoms with Gasteiger partial charge in [-0.15, -0.1) is 0 Å². The Hall–Kier alpha value is -1.55. The van der Waals surface area contributed by atoms with Crippen molar-refractivity contribution in [3.05, 3.63) is 35.4 Å². The molecule has 1 amide bonds. The van der Waals surface area contributed by atoms with Gasteiger partial charge in [0.2, 0.25) is 0 Å². The number of benzene rings is 1. The summed E-state index contributed by atoms with van der Waals surface area (Å²) in [5, 5.41) is 9.79. The third-order valence-electron chi connectivity index (χ3n) is 3.27. The van der Waals surface area contributed by atoms with Crippen LogP contribution in [0.25, 0.3) is 0 Å². The summed E-state index contributed by atoms with van der Waals surface area (Å²) in [6, 6.07) is 8.38. The summed E-state index contributed by atoms with van der Waals surface area (Å²) in [5.41, 5.74) is 2.51. The highest BCUT2D eigenvalue weighted by Crippen LogP contribution is 2.15. The molecular weight excluding hydrogens is 326 g/mol. The van der Waals surface area contributed by atoms with Crippen molar-refractivity contribution in [2.24, 2.45) is 0 Å². The molecule has 1 rings (SSSR count). The molecule has 1 aromatic rings. The van der Waals surface area contributed by atoms with Crippen molar-refractivity contribution >= 4 is 6.09 Å². The van der Waals surface area contributed by atoms with Gasteiger partial charge in [-0.1, -0.05) is 71.7 Å². The van der Waals surface area contributed by atoms with Gasteiger partial charge in [-0.2, -0.15) is 0 Å². The molecule has 0 saturated carbocycles. The van der Waals surface area contributed by atoms with Crippen molar-refractivity contribution in [3.63, 3.8) is 0 Å². The quantitative estimate of drug-likeness (QED) is 0.605.